The van der Waals surface area contributed by atoms with Crippen molar-refractivity contribution >= 4 is 26.5 Å². The standard InChI is InChI=1S/C24H26N2O3S/c27-30(28)23-12-6-9-19-8-5-10-21(24(19)23)26(30)16-4-3-15-25-17-20-14-13-18-7-1-2-11-22(18)29-20/h1-2,5-12,20,25H,3-4,13-17H2. The molecule has 0 radical (unpaired) electrons. The summed E-state index contributed by atoms with van der Waals surface area (Å²) in [4.78, 5) is 0.434. The molecule has 2 heterocycles. The Morgan fingerprint density at radius 3 is 2.73 bits per heavy atom. The van der Waals surface area contributed by atoms with Gasteiger partial charge in [0.25, 0.3) is 10.0 Å². The third-order valence-electron chi connectivity index (χ3n) is 6.02. The summed E-state index contributed by atoms with van der Waals surface area (Å²) in [6.07, 6.45) is 4.01. The third kappa shape index (κ3) is 3.44. The maximum absolute atomic E-state index is 13.0. The third-order valence-corrected chi connectivity index (χ3v) is 7.88. The normalized spacial score (nSPS) is 18.9. The zero-order valence-corrected chi connectivity index (χ0v) is 17.7. The molecule has 0 bridgehead atoms. The van der Waals surface area contributed by atoms with Crippen molar-refractivity contribution in [2.75, 3.05) is 23.9 Å². The van der Waals surface area contributed by atoms with Crippen LogP contribution >= 0.6 is 0 Å². The highest BCUT2D eigenvalue weighted by atomic mass is 32.2. The van der Waals surface area contributed by atoms with E-state index in [9.17, 15) is 8.42 Å². The van der Waals surface area contributed by atoms with Gasteiger partial charge in [0.1, 0.15) is 11.9 Å². The second kappa shape index (κ2) is 7.93. The molecule has 2 aliphatic rings. The summed E-state index contributed by atoms with van der Waals surface area (Å²) in [5.74, 6) is 1.00. The number of benzene rings is 3. The molecule has 30 heavy (non-hydrogen) atoms. The number of nitrogens with one attached hydrogen (secondary N) is 1. The molecule has 156 valence electrons. The average molecular weight is 423 g/mol. The fraction of sp³-hybridized carbons (Fsp3) is 0.333. The summed E-state index contributed by atoms with van der Waals surface area (Å²) in [7, 11) is -3.44. The number of hydrogen-bond acceptors (Lipinski definition) is 4. The predicted octanol–water partition coefficient (Wildman–Crippen LogP) is 4.11. The van der Waals surface area contributed by atoms with Gasteiger partial charge in [-0.25, -0.2) is 8.42 Å². The van der Waals surface area contributed by atoms with Crippen molar-refractivity contribution in [3.8, 4) is 5.75 Å². The number of ether oxygens (including phenoxy) is 1. The fourth-order valence-corrected chi connectivity index (χ4v) is 6.24. The molecule has 0 spiro atoms. The van der Waals surface area contributed by atoms with E-state index in [1.54, 1.807) is 10.4 Å². The van der Waals surface area contributed by atoms with Crippen LogP contribution in [0, 0.1) is 0 Å². The van der Waals surface area contributed by atoms with Crippen molar-refractivity contribution in [1.82, 2.24) is 5.32 Å². The summed E-state index contributed by atoms with van der Waals surface area (Å²) in [5.41, 5.74) is 2.10. The van der Waals surface area contributed by atoms with Gasteiger partial charge >= 0.3 is 0 Å². The molecule has 1 atom stereocenters. The minimum Gasteiger partial charge on any atom is -0.489 e. The maximum atomic E-state index is 13.0. The van der Waals surface area contributed by atoms with Crippen LogP contribution in [0.3, 0.4) is 0 Å². The number of fused-ring (bicyclic) bond motifs is 1. The van der Waals surface area contributed by atoms with Crippen molar-refractivity contribution in [1.29, 1.82) is 0 Å². The molecule has 6 heteroatoms. The van der Waals surface area contributed by atoms with Gasteiger partial charge in [-0.2, -0.15) is 0 Å². The molecule has 0 saturated carbocycles. The molecular formula is C24H26N2O3S. The number of unbranched alkanes of at least 4 members (excludes halogenated alkanes) is 1. The van der Waals surface area contributed by atoms with E-state index in [-0.39, 0.29) is 6.10 Å². The van der Waals surface area contributed by atoms with Crippen LogP contribution < -0.4 is 14.4 Å². The van der Waals surface area contributed by atoms with Gasteiger partial charge in [0.2, 0.25) is 0 Å². The number of aryl methyl sites for hydroxylation is 1. The van der Waals surface area contributed by atoms with Crippen LogP contribution in [0.5, 0.6) is 5.75 Å². The molecule has 0 aromatic heterocycles. The zero-order chi connectivity index (χ0) is 20.6. The SMILES string of the molecule is O=S1(=O)c2cccc3cccc(c23)N1CCCCNCC1CCc2ccccc2O1. The topological polar surface area (TPSA) is 58.6 Å². The second-order valence-electron chi connectivity index (χ2n) is 8.01. The summed E-state index contributed by atoms with van der Waals surface area (Å²) in [6, 6.07) is 19.5. The lowest BCUT2D eigenvalue weighted by Gasteiger charge is -2.26. The van der Waals surface area contributed by atoms with E-state index in [2.05, 4.69) is 17.4 Å². The summed E-state index contributed by atoms with van der Waals surface area (Å²) < 4.78 is 33.6. The fourth-order valence-electron chi connectivity index (χ4n) is 4.49. The second-order valence-corrected chi connectivity index (χ2v) is 9.84. The summed E-state index contributed by atoms with van der Waals surface area (Å²) in [5, 5.41) is 5.31. The highest BCUT2D eigenvalue weighted by Gasteiger charge is 2.34. The molecule has 5 rings (SSSR count). The van der Waals surface area contributed by atoms with Gasteiger partial charge in [0, 0.05) is 18.5 Å². The highest BCUT2D eigenvalue weighted by molar-refractivity contribution is 7.93. The van der Waals surface area contributed by atoms with Crippen molar-refractivity contribution in [2.24, 2.45) is 0 Å². The van der Waals surface area contributed by atoms with Crippen molar-refractivity contribution < 1.29 is 13.2 Å². The van der Waals surface area contributed by atoms with Gasteiger partial charge in [0.15, 0.2) is 0 Å². The Balaban J connectivity index is 1.12. The van der Waals surface area contributed by atoms with Crippen molar-refractivity contribution in [3.05, 3.63) is 66.2 Å². The number of hydrogen-bond donors (Lipinski definition) is 1. The molecular weight excluding hydrogens is 396 g/mol. The van der Waals surface area contributed by atoms with E-state index in [0.717, 1.165) is 61.0 Å². The molecule has 0 aliphatic carbocycles. The molecule has 3 aromatic rings. The molecule has 0 amide bonds. The van der Waals surface area contributed by atoms with Gasteiger partial charge in [0.05, 0.1) is 10.6 Å². The largest absolute Gasteiger partial charge is 0.489 e. The average Bonchev–Trinajstić information content (AvgIpc) is 2.99. The molecule has 0 saturated heterocycles. The van der Waals surface area contributed by atoms with E-state index in [4.69, 9.17) is 4.74 Å². The smallest absolute Gasteiger partial charge is 0.265 e. The Morgan fingerprint density at radius 2 is 1.83 bits per heavy atom. The monoisotopic (exact) mass is 422 g/mol. The lowest BCUT2D eigenvalue weighted by Crippen LogP contribution is -2.35. The molecule has 5 nitrogen and oxygen atoms in total. The Labute approximate surface area is 177 Å². The zero-order valence-electron chi connectivity index (χ0n) is 16.9. The first-order valence-corrected chi connectivity index (χ1v) is 12.1. The van der Waals surface area contributed by atoms with Crippen LogP contribution in [0.1, 0.15) is 24.8 Å². The van der Waals surface area contributed by atoms with Gasteiger partial charge in [-0.3, -0.25) is 4.31 Å². The van der Waals surface area contributed by atoms with E-state index in [0.29, 0.717) is 11.4 Å². The molecule has 2 aliphatic heterocycles. The van der Waals surface area contributed by atoms with E-state index >= 15 is 0 Å². The Bertz CT molecular complexity index is 1170. The predicted molar refractivity (Wildman–Crippen MR) is 120 cm³/mol. The summed E-state index contributed by atoms with van der Waals surface area (Å²) in [6.45, 7) is 2.18. The van der Waals surface area contributed by atoms with E-state index in [1.807, 2.05) is 42.5 Å². The van der Waals surface area contributed by atoms with Crippen LogP contribution in [0.15, 0.2) is 65.6 Å². The maximum Gasteiger partial charge on any atom is 0.265 e. The minimum atomic E-state index is -3.44. The number of rotatable bonds is 7. The molecule has 3 aromatic carbocycles. The minimum absolute atomic E-state index is 0.200. The van der Waals surface area contributed by atoms with Gasteiger partial charge in [-0.1, -0.05) is 42.5 Å². The van der Waals surface area contributed by atoms with Gasteiger partial charge in [-0.05, 0) is 61.4 Å². The first-order valence-electron chi connectivity index (χ1n) is 10.6. The van der Waals surface area contributed by atoms with Crippen LogP contribution in [0.2, 0.25) is 0 Å². The molecule has 0 fully saturated rings. The summed E-state index contributed by atoms with van der Waals surface area (Å²) >= 11 is 0. The number of nitrogens with zero attached hydrogens (tertiary/aromatic N) is 1. The quantitative estimate of drug-likeness (QED) is 0.582. The van der Waals surface area contributed by atoms with Crippen LogP contribution in [-0.2, 0) is 16.4 Å². The van der Waals surface area contributed by atoms with Crippen molar-refractivity contribution in [2.45, 2.75) is 36.7 Å². The molecule has 1 N–H and O–H groups in total. The number of anilines is 1. The van der Waals surface area contributed by atoms with E-state index in [1.165, 1.54) is 5.56 Å². The van der Waals surface area contributed by atoms with Crippen LogP contribution in [0.25, 0.3) is 10.8 Å². The van der Waals surface area contributed by atoms with Crippen LogP contribution in [-0.4, -0.2) is 34.2 Å². The van der Waals surface area contributed by atoms with Gasteiger partial charge in [-0.15, -0.1) is 0 Å². The lowest BCUT2D eigenvalue weighted by molar-refractivity contribution is 0.170. The van der Waals surface area contributed by atoms with Crippen molar-refractivity contribution in [3.63, 3.8) is 0 Å². The Hall–Kier alpha value is -2.57. The first kappa shape index (κ1) is 19.4. The van der Waals surface area contributed by atoms with Crippen LogP contribution in [0.4, 0.5) is 5.69 Å². The molecule has 1 unspecified atom stereocenters. The first-order chi connectivity index (χ1) is 14.6. The van der Waals surface area contributed by atoms with E-state index < -0.39 is 10.0 Å². The number of para-hydroxylation sites is 1. The Morgan fingerprint density at radius 1 is 1.00 bits per heavy atom. The highest BCUT2D eigenvalue weighted by Crippen LogP contribution is 2.41. The Kier molecular flexibility index (Phi) is 5.13. The lowest BCUT2D eigenvalue weighted by atomic mass is 10.0. The number of sulfonamides is 1. The van der Waals surface area contributed by atoms with Gasteiger partial charge < -0.3 is 10.1 Å².